The van der Waals surface area contributed by atoms with Gasteiger partial charge in [0.1, 0.15) is 24.2 Å². The van der Waals surface area contributed by atoms with Crippen LogP contribution in [0.2, 0.25) is 0 Å². The zero-order valence-corrected chi connectivity index (χ0v) is 20.9. The number of carbonyl (C=O) groups is 7. The summed E-state index contributed by atoms with van der Waals surface area (Å²) in [5.41, 5.74) is 21.1. The highest BCUT2D eigenvalue weighted by Gasteiger charge is 2.31. The number of nitrogens with two attached hydrogens (primary N) is 4. The van der Waals surface area contributed by atoms with E-state index in [0.717, 1.165) is 0 Å². The summed E-state index contributed by atoms with van der Waals surface area (Å²) in [6, 6.07) is -6.98. The van der Waals surface area contributed by atoms with Crippen LogP contribution >= 0.6 is 0 Å². The average molecular weight is 546 g/mol. The number of hydrogen-bond acceptors (Lipinski definition) is 9. The van der Waals surface area contributed by atoms with Crippen LogP contribution in [0, 0.1) is 0 Å². The second-order valence-corrected chi connectivity index (χ2v) is 8.24. The number of aliphatic imine (C=N–C) groups is 1. The lowest BCUT2D eigenvalue weighted by molar-refractivity contribution is -0.143. The fourth-order valence-corrected chi connectivity index (χ4v) is 2.80. The van der Waals surface area contributed by atoms with Crippen molar-refractivity contribution in [2.45, 2.75) is 69.7 Å². The van der Waals surface area contributed by atoms with Gasteiger partial charge in [-0.1, -0.05) is 0 Å². The van der Waals surface area contributed by atoms with Crippen molar-refractivity contribution in [2.75, 3.05) is 6.54 Å². The molecule has 0 saturated heterocycles. The predicted molar refractivity (Wildman–Crippen MR) is 131 cm³/mol. The quantitative estimate of drug-likeness (QED) is 0.0465. The van der Waals surface area contributed by atoms with Crippen molar-refractivity contribution < 1.29 is 43.8 Å². The van der Waals surface area contributed by atoms with Gasteiger partial charge in [0.2, 0.25) is 29.5 Å². The Morgan fingerprint density at radius 3 is 1.76 bits per heavy atom. The van der Waals surface area contributed by atoms with Crippen LogP contribution < -0.4 is 44.2 Å². The molecule has 0 heterocycles. The minimum atomic E-state index is -1.69. The van der Waals surface area contributed by atoms with E-state index in [-0.39, 0.29) is 25.3 Å². The van der Waals surface area contributed by atoms with E-state index in [4.69, 9.17) is 28.0 Å². The van der Waals surface area contributed by atoms with Gasteiger partial charge >= 0.3 is 11.9 Å². The van der Waals surface area contributed by atoms with E-state index in [1.807, 2.05) is 0 Å². The van der Waals surface area contributed by atoms with Gasteiger partial charge in [0.25, 0.3) is 0 Å². The van der Waals surface area contributed by atoms with Crippen LogP contribution in [0.4, 0.5) is 0 Å². The van der Waals surface area contributed by atoms with Crippen molar-refractivity contribution in [1.82, 2.24) is 21.3 Å². The summed E-state index contributed by atoms with van der Waals surface area (Å²) >= 11 is 0. The minimum absolute atomic E-state index is 0.0652. The monoisotopic (exact) mass is 545 g/mol. The molecule has 0 bridgehead atoms. The number of carbonyl (C=O) groups excluding carboxylic acids is 5. The van der Waals surface area contributed by atoms with Gasteiger partial charge in [0, 0.05) is 6.54 Å². The summed E-state index contributed by atoms with van der Waals surface area (Å²) in [5.74, 6) is -7.71. The summed E-state index contributed by atoms with van der Waals surface area (Å²) in [6.45, 7) is 2.48. The molecule has 0 aliphatic rings. The molecule has 0 saturated carbocycles. The Morgan fingerprint density at radius 2 is 1.26 bits per heavy atom. The Morgan fingerprint density at radius 1 is 0.737 bits per heavy atom. The zero-order chi connectivity index (χ0) is 29.6. The fraction of sp³-hybridized carbons (Fsp3) is 0.600. The first-order valence-electron chi connectivity index (χ1n) is 11.3. The predicted octanol–water partition coefficient (Wildman–Crippen LogP) is -5.22. The molecule has 5 amide bonds. The molecule has 38 heavy (non-hydrogen) atoms. The normalized spacial score (nSPS) is 14.4. The van der Waals surface area contributed by atoms with Crippen molar-refractivity contribution in [1.29, 1.82) is 0 Å². The molecule has 0 radical (unpaired) electrons. The first-order chi connectivity index (χ1) is 17.5. The number of carboxylic acid groups (broad SMARTS) is 2. The number of carboxylic acids is 2. The van der Waals surface area contributed by atoms with Crippen molar-refractivity contribution in [3.63, 3.8) is 0 Å². The lowest BCUT2D eigenvalue weighted by atomic mass is 10.1. The average Bonchev–Trinajstić information content (AvgIpc) is 2.78. The minimum Gasteiger partial charge on any atom is -0.481 e. The lowest BCUT2D eigenvalue weighted by Crippen LogP contribution is -2.58. The first kappa shape index (κ1) is 33.5. The van der Waals surface area contributed by atoms with Crippen molar-refractivity contribution in [3.05, 3.63) is 0 Å². The zero-order valence-electron chi connectivity index (χ0n) is 20.9. The van der Waals surface area contributed by atoms with Crippen LogP contribution in [0.5, 0.6) is 0 Å². The summed E-state index contributed by atoms with van der Waals surface area (Å²) in [5, 5.41) is 26.9. The molecule has 0 aromatic heterocycles. The van der Waals surface area contributed by atoms with E-state index in [1.54, 1.807) is 0 Å². The number of nitrogens with one attached hydrogen (secondary N) is 4. The SMILES string of the molecule is C[C@H](NC(=O)[C@H](C)NC(=O)[C@H](CC(=O)O)NC(=O)[C@H](CCCN=C(N)N)NC(=O)[C@@H](N)CC(N)=O)C(=O)O. The molecule has 0 fully saturated rings. The third-order valence-corrected chi connectivity index (χ3v) is 4.83. The van der Waals surface area contributed by atoms with Gasteiger partial charge in [-0.25, -0.2) is 0 Å². The maximum absolute atomic E-state index is 12.9. The van der Waals surface area contributed by atoms with Gasteiger partial charge in [-0.2, -0.15) is 0 Å². The number of guanidine groups is 1. The molecule has 0 spiro atoms. The van der Waals surface area contributed by atoms with Crippen LogP contribution in [-0.4, -0.2) is 94.4 Å². The summed E-state index contributed by atoms with van der Waals surface area (Å²) < 4.78 is 0. The standard InChI is InChI=1S/C20H35N9O9/c1-8(15(33)27-9(2)19(37)38)26-18(36)12(7-14(31)32)29-17(35)11(4-3-5-25-20(23)24)28-16(34)10(21)6-13(22)30/h8-12H,3-7,21H2,1-2H3,(H2,22,30)(H,26,36)(H,27,33)(H,28,34)(H,29,35)(H,31,32)(H,37,38)(H4,23,24,25)/t8-,9-,10-,11-,12-/m0/s1. The molecule has 0 aromatic rings. The molecule has 18 nitrogen and oxygen atoms in total. The van der Waals surface area contributed by atoms with Gasteiger partial charge in [0.15, 0.2) is 5.96 Å². The molecule has 0 rings (SSSR count). The van der Waals surface area contributed by atoms with Gasteiger partial charge in [0.05, 0.1) is 18.9 Å². The van der Waals surface area contributed by atoms with E-state index in [0.29, 0.717) is 0 Å². The number of amides is 5. The Labute approximate surface area is 217 Å². The molecule has 0 aliphatic carbocycles. The van der Waals surface area contributed by atoms with Crippen LogP contribution in [-0.2, 0) is 33.6 Å². The molecule has 0 unspecified atom stereocenters. The van der Waals surface area contributed by atoms with Crippen molar-refractivity contribution >= 4 is 47.4 Å². The second-order valence-electron chi connectivity index (χ2n) is 8.24. The van der Waals surface area contributed by atoms with Gasteiger partial charge < -0.3 is 54.4 Å². The molecule has 5 atom stereocenters. The molecule has 0 aromatic carbocycles. The highest BCUT2D eigenvalue weighted by molar-refractivity contribution is 5.97. The van der Waals surface area contributed by atoms with E-state index in [9.17, 15) is 38.7 Å². The highest BCUT2D eigenvalue weighted by Crippen LogP contribution is 2.03. The molecule has 214 valence electrons. The maximum atomic E-state index is 12.9. The van der Waals surface area contributed by atoms with Gasteiger partial charge in [-0.15, -0.1) is 0 Å². The largest absolute Gasteiger partial charge is 0.481 e. The first-order valence-corrected chi connectivity index (χ1v) is 11.3. The van der Waals surface area contributed by atoms with E-state index in [2.05, 4.69) is 26.3 Å². The Hall–Kier alpha value is -4.48. The number of primary amides is 1. The summed E-state index contributed by atoms with van der Waals surface area (Å²) in [4.78, 5) is 87.0. The van der Waals surface area contributed by atoms with E-state index >= 15 is 0 Å². The molecular formula is C20H35N9O9. The third kappa shape index (κ3) is 13.6. The van der Waals surface area contributed by atoms with Crippen LogP contribution in [0.25, 0.3) is 0 Å². The third-order valence-electron chi connectivity index (χ3n) is 4.83. The summed E-state index contributed by atoms with van der Waals surface area (Å²) in [7, 11) is 0. The maximum Gasteiger partial charge on any atom is 0.325 e. The lowest BCUT2D eigenvalue weighted by Gasteiger charge is -2.24. The van der Waals surface area contributed by atoms with Gasteiger partial charge in [-0.3, -0.25) is 38.6 Å². The number of rotatable bonds is 17. The topological polar surface area (TPSA) is 325 Å². The van der Waals surface area contributed by atoms with E-state index in [1.165, 1.54) is 13.8 Å². The fourth-order valence-electron chi connectivity index (χ4n) is 2.80. The smallest absolute Gasteiger partial charge is 0.325 e. The van der Waals surface area contributed by atoms with Gasteiger partial charge in [-0.05, 0) is 26.7 Å². The highest BCUT2D eigenvalue weighted by atomic mass is 16.4. The molecule has 14 N–H and O–H groups in total. The number of aliphatic carboxylic acids is 2. The van der Waals surface area contributed by atoms with Crippen LogP contribution in [0.1, 0.15) is 39.5 Å². The Bertz CT molecular complexity index is 937. The Balaban J connectivity index is 5.59. The molecule has 0 aliphatic heterocycles. The van der Waals surface area contributed by atoms with Crippen molar-refractivity contribution in [3.8, 4) is 0 Å². The number of hydrogen-bond donors (Lipinski definition) is 10. The second kappa shape index (κ2) is 16.3. The molecular weight excluding hydrogens is 510 g/mol. The molecule has 18 heteroatoms. The van der Waals surface area contributed by atoms with Crippen molar-refractivity contribution in [2.24, 2.45) is 27.9 Å². The van der Waals surface area contributed by atoms with Crippen LogP contribution in [0.3, 0.4) is 0 Å². The van der Waals surface area contributed by atoms with Crippen LogP contribution in [0.15, 0.2) is 4.99 Å². The van der Waals surface area contributed by atoms with E-state index < -0.39 is 84.5 Å². The number of nitrogens with zero attached hydrogens (tertiary/aromatic N) is 1. The summed E-state index contributed by atoms with van der Waals surface area (Å²) in [6.07, 6.45) is -1.33. The Kier molecular flexibility index (Phi) is 14.4.